The Hall–Kier alpha value is -2.93. The van der Waals surface area contributed by atoms with Gasteiger partial charge in [-0.1, -0.05) is 68.7 Å². The number of carbonyl (C=O) groups excluding carboxylic acids is 2. The van der Waals surface area contributed by atoms with Crippen LogP contribution >= 0.6 is 0 Å². The highest BCUT2D eigenvalue weighted by Crippen LogP contribution is 2.29. The fraction of sp³-hybridized carbons (Fsp3) is 0.360. The Morgan fingerprint density at radius 1 is 0.844 bits per heavy atom. The lowest BCUT2D eigenvalue weighted by Crippen LogP contribution is -2.14. The number of hydrogen-bond donors (Lipinski definition) is 0. The molecule has 0 unspecified atom stereocenters. The third-order valence-corrected chi connectivity index (χ3v) is 5.98. The van der Waals surface area contributed by atoms with E-state index in [2.05, 4.69) is 6.92 Å². The summed E-state index contributed by atoms with van der Waals surface area (Å²) in [5.41, 5.74) is 1.93. The van der Waals surface area contributed by atoms with E-state index in [1.54, 1.807) is 36.4 Å². The zero-order valence-corrected chi connectivity index (χ0v) is 19.6. The zero-order chi connectivity index (χ0) is 23.6. The summed E-state index contributed by atoms with van der Waals surface area (Å²) < 4.78 is 34.5. The fourth-order valence-electron chi connectivity index (χ4n) is 3.16. The molecule has 0 amide bonds. The third kappa shape index (κ3) is 7.64. The molecule has 6 nitrogen and oxygen atoms in total. The van der Waals surface area contributed by atoms with E-state index in [9.17, 15) is 18.0 Å². The van der Waals surface area contributed by atoms with E-state index in [0.717, 1.165) is 31.9 Å². The van der Waals surface area contributed by atoms with Gasteiger partial charge in [-0.15, -0.1) is 0 Å². The van der Waals surface area contributed by atoms with Crippen molar-refractivity contribution in [3.8, 4) is 0 Å². The van der Waals surface area contributed by atoms with E-state index >= 15 is 0 Å². The molecular formula is C25H30O6S. The van der Waals surface area contributed by atoms with Gasteiger partial charge in [-0.3, -0.25) is 4.79 Å². The second-order valence-corrected chi connectivity index (χ2v) is 9.51. The van der Waals surface area contributed by atoms with Crippen LogP contribution in [0.2, 0.25) is 0 Å². The number of unbranched alkanes of at least 4 members (excludes halogenated alkanes) is 3. The molecule has 0 radical (unpaired) electrons. The van der Waals surface area contributed by atoms with E-state index in [0.29, 0.717) is 23.3 Å². The minimum atomic E-state index is -3.37. The molecule has 32 heavy (non-hydrogen) atoms. The van der Waals surface area contributed by atoms with Crippen LogP contribution in [0.5, 0.6) is 0 Å². The quantitative estimate of drug-likeness (QED) is 0.210. The molecule has 7 heteroatoms. The van der Waals surface area contributed by atoms with Gasteiger partial charge >= 0.3 is 11.9 Å². The summed E-state index contributed by atoms with van der Waals surface area (Å²) in [5.74, 6) is -1.00. The Balaban J connectivity index is 2.51. The molecule has 0 N–H and O–H groups in total. The molecule has 0 heterocycles. The van der Waals surface area contributed by atoms with Gasteiger partial charge in [0.05, 0.1) is 17.1 Å². The molecule has 0 atom stereocenters. The third-order valence-electron chi connectivity index (χ3n) is 4.85. The number of ether oxygens (including phenoxy) is 2. The smallest absolute Gasteiger partial charge is 0.339 e. The summed E-state index contributed by atoms with van der Waals surface area (Å²) >= 11 is 0. The van der Waals surface area contributed by atoms with Gasteiger partial charge in [0.15, 0.2) is 9.84 Å². The van der Waals surface area contributed by atoms with Crippen molar-refractivity contribution in [2.24, 2.45) is 0 Å². The normalized spacial score (nSPS) is 12.1. The second kappa shape index (κ2) is 12.2. The van der Waals surface area contributed by atoms with Gasteiger partial charge in [0.25, 0.3) is 0 Å². The maximum atomic E-state index is 13.1. The van der Waals surface area contributed by atoms with E-state index in [-0.39, 0.29) is 17.1 Å². The van der Waals surface area contributed by atoms with Gasteiger partial charge in [0.1, 0.15) is 6.61 Å². The molecule has 0 aliphatic rings. The van der Waals surface area contributed by atoms with Gasteiger partial charge in [0.2, 0.25) is 0 Å². The molecule has 0 fully saturated rings. The Kier molecular flexibility index (Phi) is 9.65. The Labute approximate surface area is 190 Å². The summed E-state index contributed by atoms with van der Waals surface area (Å²) in [6, 6.07) is 15.2. The number of sulfone groups is 1. The average Bonchev–Trinajstić information content (AvgIpc) is 2.76. The minimum absolute atomic E-state index is 0.150. The van der Waals surface area contributed by atoms with Gasteiger partial charge in [-0.2, -0.15) is 0 Å². The topological polar surface area (TPSA) is 86.7 Å². The van der Waals surface area contributed by atoms with Crippen LogP contribution in [0.15, 0.2) is 59.5 Å². The zero-order valence-electron chi connectivity index (χ0n) is 18.8. The average molecular weight is 459 g/mol. The predicted octanol–water partition coefficient (Wildman–Crippen LogP) is 4.69. The van der Waals surface area contributed by atoms with Crippen molar-refractivity contribution in [2.75, 3.05) is 19.5 Å². The highest BCUT2D eigenvalue weighted by molar-refractivity contribution is 7.90. The number of rotatable bonds is 11. The molecule has 0 aliphatic carbocycles. The first-order valence-corrected chi connectivity index (χ1v) is 12.5. The molecule has 0 spiro atoms. The Morgan fingerprint density at radius 3 is 2.06 bits per heavy atom. The van der Waals surface area contributed by atoms with Crippen molar-refractivity contribution < 1.29 is 27.5 Å². The van der Waals surface area contributed by atoms with Crippen molar-refractivity contribution in [3.05, 3.63) is 65.7 Å². The first-order chi connectivity index (χ1) is 15.2. The number of benzene rings is 2. The Morgan fingerprint density at radius 2 is 1.50 bits per heavy atom. The summed E-state index contributed by atoms with van der Waals surface area (Å²) in [4.78, 5) is 24.8. The Bertz CT molecular complexity index is 1040. The van der Waals surface area contributed by atoms with Crippen molar-refractivity contribution in [1.82, 2.24) is 0 Å². The second-order valence-electron chi connectivity index (χ2n) is 7.49. The first kappa shape index (κ1) is 25.3. The van der Waals surface area contributed by atoms with Crippen LogP contribution in [0.4, 0.5) is 0 Å². The summed E-state index contributed by atoms with van der Waals surface area (Å²) in [7, 11) is -3.37. The maximum absolute atomic E-state index is 13.1. The lowest BCUT2D eigenvalue weighted by atomic mass is 9.95. The number of hydrogen-bond acceptors (Lipinski definition) is 6. The SMILES string of the molecule is CCCCCCOC(=O)C(=C(COC(C)=O)c1ccc(S(C)(=O)=O)cc1)c1ccccc1. The van der Waals surface area contributed by atoms with Crippen molar-refractivity contribution in [1.29, 1.82) is 0 Å². The van der Waals surface area contributed by atoms with Gasteiger partial charge < -0.3 is 9.47 Å². The van der Waals surface area contributed by atoms with E-state index < -0.39 is 21.8 Å². The lowest BCUT2D eigenvalue weighted by Gasteiger charge is -2.16. The van der Waals surface area contributed by atoms with Crippen LogP contribution in [0, 0.1) is 0 Å². The molecule has 0 saturated heterocycles. The predicted molar refractivity (Wildman–Crippen MR) is 125 cm³/mol. The lowest BCUT2D eigenvalue weighted by molar-refractivity contribution is -0.140. The largest absolute Gasteiger partial charge is 0.462 e. The first-order valence-electron chi connectivity index (χ1n) is 10.6. The van der Waals surface area contributed by atoms with Gasteiger partial charge in [0, 0.05) is 18.8 Å². The summed E-state index contributed by atoms with van der Waals surface area (Å²) in [6.07, 6.45) is 5.02. The van der Waals surface area contributed by atoms with Crippen LogP contribution in [-0.4, -0.2) is 39.8 Å². The standard InChI is InChI=1S/C25H30O6S/c1-4-5-6-10-17-30-25(27)24(21-11-8-7-9-12-21)23(18-31-19(2)26)20-13-15-22(16-14-20)32(3,28)29/h7-9,11-16H,4-6,10,17-18H2,1-3H3. The van der Waals surface area contributed by atoms with E-state index in [1.807, 2.05) is 6.07 Å². The van der Waals surface area contributed by atoms with Gasteiger partial charge in [-0.05, 0) is 29.7 Å². The fourth-order valence-corrected chi connectivity index (χ4v) is 3.79. The van der Waals surface area contributed by atoms with Crippen molar-refractivity contribution in [2.45, 2.75) is 44.4 Å². The van der Waals surface area contributed by atoms with Crippen molar-refractivity contribution >= 4 is 32.9 Å². The molecule has 2 rings (SSSR count). The van der Waals surface area contributed by atoms with Crippen molar-refractivity contribution in [3.63, 3.8) is 0 Å². The van der Waals surface area contributed by atoms with Crippen LogP contribution in [0.25, 0.3) is 11.1 Å². The van der Waals surface area contributed by atoms with Crippen LogP contribution in [-0.2, 0) is 28.9 Å². The molecule has 0 saturated carbocycles. The molecule has 2 aromatic carbocycles. The number of carbonyl (C=O) groups is 2. The van der Waals surface area contributed by atoms with Crippen LogP contribution in [0.1, 0.15) is 50.7 Å². The highest BCUT2D eigenvalue weighted by atomic mass is 32.2. The summed E-state index contributed by atoms with van der Waals surface area (Å²) in [5, 5.41) is 0. The molecule has 0 aliphatic heterocycles. The van der Waals surface area contributed by atoms with Crippen LogP contribution < -0.4 is 0 Å². The monoisotopic (exact) mass is 458 g/mol. The molecule has 0 aromatic heterocycles. The molecule has 2 aromatic rings. The molecule has 0 bridgehead atoms. The number of esters is 2. The highest BCUT2D eigenvalue weighted by Gasteiger charge is 2.22. The maximum Gasteiger partial charge on any atom is 0.339 e. The molecule has 172 valence electrons. The summed E-state index contributed by atoms with van der Waals surface area (Å²) in [6.45, 7) is 3.54. The van der Waals surface area contributed by atoms with Crippen LogP contribution in [0.3, 0.4) is 0 Å². The van der Waals surface area contributed by atoms with E-state index in [1.165, 1.54) is 19.1 Å². The molecular weight excluding hydrogens is 428 g/mol. The van der Waals surface area contributed by atoms with E-state index in [4.69, 9.17) is 9.47 Å². The van der Waals surface area contributed by atoms with Gasteiger partial charge in [-0.25, -0.2) is 13.2 Å². The minimum Gasteiger partial charge on any atom is -0.462 e.